The van der Waals surface area contributed by atoms with Crippen molar-refractivity contribution < 1.29 is 14.7 Å². The summed E-state index contributed by atoms with van der Waals surface area (Å²) in [7, 11) is 0. The van der Waals surface area contributed by atoms with Crippen molar-refractivity contribution in [3.05, 3.63) is 18.0 Å². The van der Waals surface area contributed by atoms with Crippen LogP contribution in [0.3, 0.4) is 0 Å². The van der Waals surface area contributed by atoms with Crippen LogP contribution in [0.15, 0.2) is 12.4 Å². The Morgan fingerprint density at radius 2 is 1.95 bits per heavy atom. The fourth-order valence-corrected chi connectivity index (χ4v) is 1.84. The molecule has 0 bridgehead atoms. The molecule has 1 rings (SSSR count). The minimum atomic E-state index is -0.873. The van der Waals surface area contributed by atoms with Crippen LogP contribution >= 0.6 is 0 Å². The van der Waals surface area contributed by atoms with Gasteiger partial charge in [0.05, 0.1) is 24.7 Å². The average molecular weight is 267 g/mol. The highest BCUT2D eigenvalue weighted by Crippen LogP contribution is 2.06. The van der Waals surface area contributed by atoms with E-state index in [1.165, 1.54) is 10.9 Å². The maximum absolute atomic E-state index is 12.2. The maximum Gasteiger partial charge on any atom is 0.305 e. The molecule has 0 saturated carbocycles. The van der Waals surface area contributed by atoms with E-state index in [1.807, 2.05) is 13.8 Å². The fraction of sp³-hybridized carbons (Fsp3) is 0.615. The molecule has 0 aliphatic heterocycles. The summed E-state index contributed by atoms with van der Waals surface area (Å²) in [6.07, 6.45) is 4.95. The Kier molecular flexibility index (Phi) is 6.05. The van der Waals surface area contributed by atoms with Crippen molar-refractivity contribution >= 4 is 11.9 Å². The van der Waals surface area contributed by atoms with Crippen LogP contribution in [0.1, 0.15) is 43.5 Å². The third-order valence-electron chi connectivity index (χ3n) is 2.71. The Balaban J connectivity index is 2.67. The van der Waals surface area contributed by atoms with Gasteiger partial charge in [0, 0.05) is 19.3 Å². The molecular formula is C13H21N3O3. The summed E-state index contributed by atoms with van der Waals surface area (Å²) >= 11 is 0. The Hall–Kier alpha value is -1.85. The molecule has 0 unspecified atom stereocenters. The van der Waals surface area contributed by atoms with E-state index in [-0.39, 0.29) is 18.9 Å². The monoisotopic (exact) mass is 267 g/mol. The predicted octanol–water partition coefficient (Wildman–Crippen LogP) is 1.62. The summed E-state index contributed by atoms with van der Waals surface area (Å²) in [5.41, 5.74) is 0.521. The number of carboxylic acids is 1. The summed E-state index contributed by atoms with van der Waals surface area (Å²) < 4.78 is 1.50. The first kappa shape index (κ1) is 15.2. The van der Waals surface area contributed by atoms with Crippen LogP contribution in [-0.2, 0) is 11.3 Å². The first-order chi connectivity index (χ1) is 9.08. The minimum Gasteiger partial charge on any atom is -0.481 e. The van der Waals surface area contributed by atoms with Crippen molar-refractivity contribution in [1.29, 1.82) is 0 Å². The second-order valence-electron chi connectivity index (χ2n) is 4.43. The molecule has 0 aromatic carbocycles. The van der Waals surface area contributed by atoms with E-state index in [9.17, 15) is 9.59 Å². The largest absolute Gasteiger partial charge is 0.481 e. The number of hydrogen-bond donors (Lipinski definition) is 1. The van der Waals surface area contributed by atoms with Gasteiger partial charge in [-0.1, -0.05) is 13.8 Å². The SMILES string of the molecule is CCCN(CCC)C(=O)c1cnn(CCC(=O)O)c1. The van der Waals surface area contributed by atoms with Gasteiger partial charge in [-0.3, -0.25) is 14.3 Å². The van der Waals surface area contributed by atoms with E-state index in [1.54, 1.807) is 11.1 Å². The zero-order valence-electron chi connectivity index (χ0n) is 11.5. The van der Waals surface area contributed by atoms with E-state index >= 15 is 0 Å². The molecule has 1 aromatic rings. The predicted molar refractivity (Wildman–Crippen MR) is 71.0 cm³/mol. The highest BCUT2D eigenvalue weighted by molar-refractivity contribution is 5.93. The highest BCUT2D eigenvalue weighted by atomic mass is 16.4. The molecule has 6 heteroatoms. The molecular weight excluding hydrogens is 246 g/mol. The summed E-state index contributed by atoms with van der Waals surface area (Å²) in [5, 5.41) is 12.6. The number of hydrogen-bond acceptors (Lipinski definition) is 3. The molecule has 6 nitrogen and oxygen atoms in total. The second-order valence-corrected chi connectivity index (χ2v) is 4.43. The summed E-state index contributed by atoms with van der Waals surface area (Å²) in [6, 6.07) is 0. The lowest BCUT2D eigenvalue weighted by Gasteiger charge is -2.20. The molecule has 0 atom stereocenters. The van der Waals surface area contributed by atoms with E-state index < -0.39 is 5.97 Å². The zero-order valence-corrected chi connectivity index (χ0v) is 11.5. The smallest absolute Gasteiger partial charge is 0.305 e. The van der Waals surface area contributed by atoms with Crippen LogP contribution in [-0.4, -0.2) is 44.8 Å². The van der Waals surface area contributed by atoms with Crippen LogP contribution in [0.5, 0.6) is 0 Å². The Labute approximate surface area is 113 Å². The van der Waals surface area contributed by atoms with Crippen molar-refractivity contribution in [3.8, 4) is 0 Å². The average Bonchev–Trinajstić information content (AvgIpc) is 2.84. The number of carbonyl (C=O) groups excluding carboxylic acids is 1. The van der Waals surface area contributed by atoms with Crippen molar-refractivity contribution in [2.24, 2.45) is 0 Å². The van der Waals surface area contributed by atoms with E-state index in [0.29, 0.717) is 5.56 Å². The lowest BCUT2D eigenvalue weighted by molar-refractivity contribution is -0.137. The van der Waals surface area contributed by atoms with Crippen molar-refractivity contribution in [3.63, 3.8) is 0 Å². The summed E-state index contributed by atoms with van der Waals surface area (Å²) in [5.74, 6) is -0.910. The van der Waals surface area contributed by atoms with Gasteiger partial charge in [0.15, 0.2) is 0 Å². The number of aliphatic carboxylic acids is 1. The van der Waals surface area contributed by atoms with Crippen molar-refractivity contribution in [2.45, 2.75) is 39.7 Å². The van der Waals surface area contributed by atoms with Crippen molar-refractivity contribution in [2.75, 3.05) is 13.1 Å². The quantitative estimate of drug-likeness (QED) is 0.776. The van der Waals surface area contributed by atoms with Crippen LogP contribution < -0.4 is 0 Å². The lowest BCUT2D eigenvalue weighted by Crippen LogP contribution is -2.32. The number of aromatic nitrogens is 2. The summed E-state index contributed by atoms with van der Waals surface area (Å²) in [6.45, 7) is 5.81. The molecule has 0 aliphatic rings. The zero-order chi connectivity index (χ0) is 14.3. The number of amides is 1. The maximum atomic E-state index is 12.2. The third-order valence-corrected chi connectivity index (χ3v) is 2.71. The molecule has 19 heavy (non-hydrogen) atoms. The molecule has 1 N–H and O–H groups in total. The molecule has 1 aromatic heterocycles. The number of carbonyl (C=O) groups is 2. The van der Waals surface area contributed by atoms with Crippen LogP contribution in [0.25, 0.3) is 0 Å². The van der Waals surface area contributed by atoms with Crippen LogP contribution in [0.4, 0.5) is 0 Å². The van der Waals surface area contributed by atoms with Gasteiger partial charge in [0.25, 0.3) is 5.91 Å². The van der Waals surface area contributed by atoms with Gasteiger partial charge in [-0.25, -0.2) is 0 Å². The third kappa shape index (κ3) is 4.73. The van der Waals surface area contributed by atoms with Gasteiger partial charge in [0.1, 0.15) is 0 Å². The van der Waals surface area contributed by atoms with E-state index in [0.717, 1.165) is 25.9 Å². The molecule has 106 valence electrons. The lowest BCUT2D eigenvalue weighted by atomic mass is 10.2. The topological polar surface area (TPSA) is 75.4 Å². The molecule has 1 heterocycles. The van der Waals surface area contributed by atoms with Crippen molar-refractivity contribution in [1.82, 2.24) is 14.7 Å². The normalized spacial score (nSPS) is 10.4. The molecule has 0 aliphatic carbocycles. The van der Waals surface area contributed by atoms with Gasteiger partial charge in [-0.05, 0) is 12.8 Å². The van der Waals surface area contributed by atoms with Gasteiger partial charge in [0.2, 0.25) is 0 Å². The highest BCUT2D eigenvalue weighted by Gasteiger charge is 2.16. The van der Waals surface area contributed by atoms with E-state index in [2.05, 4.69) is 5.10 Å². The second kappa shape index (κ2) is 7.56. The fourth-order valence-electron chi connectivity index (χ4n) is 1.84. The van der Waals surface area contributed by atoms with Crippen LogP contribution in [0, 0.1) is 0 Å². The minimum absolute atomic E-state index is 0.00292. The number of rotatable bonds is 8. The first-order valence-electron chi connectivity index (χ1n) is 6.62. The Morgan fingerprint density at radius 3 is 2.47 bits per heavy atom. The van der Waals surface area contributed by atoms with E-state index in [4.69, 9.17) is 5.11 Å². The standard InChI is InChI=1S/C13H21N3O3/c1-3-6-15(7-4-2)13(19)11-9-14-16(10-11)8-5-12(17)18/h9-10H,3-8H2,1-2H3,(H,17,18). The van der Waals surface area contributed by atoms with Crippen LogP contribution in [0.2, 0.25) is 0 Å². The van der Waals surface area contributed by atoms with Gasteiger partial charge in [-0.15, -0.1) is 0 Å². The van der Waals surface area contributed by atoms with Gasteiger partial charge in [-0.2, -0.15) is 5.10 Å². The molecule has 0 spiro atoms. The number of carboxylic acid groups (broad SMARTS) is 1. The molecule has 1 amide bonds. The summed E-state index contributed by atoms with van der Waals surface area (Å²) in [4.78, 5) is 24.5. The molecule has 0 saturated heterocycles. The number of aryl methyl sites for hydroxylation is 1. The first-order valence-corrected chi connectivity index (χ1v) is 6.62. The Morgan fingerprint density at radius 1 is 1.32 bits per heavy atom. The molecule has 0 fully saturated rings. The molecule has 0 radical (unpaired) electrons. The van der Waals surface area contributed by atoms with Gasteiger partial charge < -0.3 is 10.0 Å². The Bertz CT molecular complexity index is 423. The number of nitrogens with zero attached hydrogens (tertiary/aromatic N) is 3. The van der Waals surface area contributed by atoms with Gasteiger partial charge >= 0.3 is 5.97 Å².